The number of hydrogen-bond acceptors (Lipinski definition) is 5. The lowest BCUT2D eigenvalue weighted by Crippen LogP contribution is -2.61. The van der Waals surface area contributed by atoms with Crippen LogP contribution in [0, 0.1) is 12.8 Å². The fourth-order valence-corrected chi connectivity index (χ4v) is 3.94. The van der Waals surface area contributed by atoms with Crippen molar-refractivity contribution in [2.45, 2.75) is 58.7 Å². The van der Waals surface area contributed by atoms with E-state index in [1.165, 1.54) is 6.92 Å². The topological polar surface area (TPSA) is 95.7 Å². The molecule has 3 amide bonds. The maximum Gasteiger partial charge on any atom is 0.276 e. The lowest BCUT2D eigenvalue weighted by Gasteiger charge is -2.43. The van der Waals surface area contributed by atoms with Crippen LogP contribution in [0.5, 0.6) is 0 Å². The average Bonchev–Trinajstić information content (AvgIpc) is 3.14. The van der Waals surface area contributed by atoms with Crippen molar-refractivity contribution < 1.29 is 18.9 Å². The Morgan fingerprint density at radius 2 is 2.12 bits per heavy atom. The highest BCUT2D eigenvalue weighted by molar-refractivity contribution is 5.97. The fourth-order valence-electron chi connectivity index (χ4n) is 3.94. The Labute approximate surface area is 152 Å². The highest BCUT2D eigenvalue weighted by Crippen LogP contribution is 2.30. The number of carbonyl (C=O) groups excluding carboxylic acids is 3. The molecule has 0 spiro atoms. The predicted molar refractivity (Wildman–Crippen MR) is 93.2 cm³/mol. The summed E-state index contributed by atoms with van der Waals surface area (Å²) in [6.45, 7) is 8.22. The first-order chi connectivity index (χ1) is 12.3. The summed E-state index contributed by atoms with van der Waals surface area (Å²) >= 11 is 0. The van der Waals surface area contributed by atoms with Gasteiger partial charge in [0.15, 0.2) is 5.69 Å². The van der Waals surface area contributed by atoms with Crippen molar-refractivity contribution in [1.82, 2.24) is 20.3 Å². The van der Waals surface area contributed by atoms with Gasteiger partial charge in [-0.2, -0.15) is 0 Å². The highest BCUT2D eigenvalue weighted by atomic mass is 16.5. The molecule has 26 heavy (non-hydrogen) atoms. The Kier molecular flexibility index (Phi) is 5.02. The van der Waals surface area contributed by atoms with E-state index in [4.69, 9.17) is 4.52 Å². The number of fused-ring (bicyclic) bond motifs is 1. The Morgan fingerprint density at radius 3 is 2.69 bits per heavy atom. The molecule has 1 aromatic heterocycles. The van der Waals surface area contributed by atoms with E-state index in [0.29, 0.717) is 31.7 Å². The van der Waals surface area contributed by atoms with E-state index >= 15 is 0 Å². The standard InChI is InChI=1S/C18H26N4O4/c1-10(2)5-16-18(25)21-8-13(19-12(4)23)7-14(21)9-22(16)17(24)15-6-11(3)26-20-15/h6,10,13-14,16H,5,7-9H2,1-4H3,(H,19,23)/t13-,14-,16-/m0/s1. The smallest absolute Gasteiger partial charge is 0.276 e. The molecule has 8 heteroatoms. The molecule has 3 atom stereocenters. The van der Waals surface area contributed by atoms with E-state index in [-0.39, 0.29) is 41.4 Å². The van der Waals surface area contributed by atoms with E-state index in [2.05, 4.69) is 10.5 Å². The summed E-state index contributed by atoms with van der Waals surface area (Å²) < 4.78 is 5.03. The zero-order chi connectivity index (χ0) is 19.0. The van der Waals surface area contributed by atoms with E-state index in [1.807, 2.05) is 18.7 Å². The molecule has 1 aromatic rings. The molecular weight excluding hydrogens is 336 g/mol. The summed E-state index contributed by atoms with van der Waals surface area (Å²) in [5.74, 6) is 0.403. The number of nitrogens with zero attached hydrogens (tertiary/aromatic N) is 3. The Morgan fingerprint density at radius 1 is 1.38 bits per heavy atom. The number of piperazine rings is 1. The average molecular weight is 362 g/mol. The first-order valence-corrected chi connectivity index (χ1v) is 9.08. The van der Waals surface area contributed by atoms with Crippen molar-refractivity contribution in [3.05, 3.63) is 17.5 Å². The third kappa shape index (κ3) is 3.59. The lowest BCUT2D eigenvalue weighted by atomic mass is 9.96. The Bertz CT molecular complexity index is 714. The van der Waals surface area contributed by atoms with Gasteiger partial charge < -0.3 is 19.6 Å². The number of amides is 3. The van der Waals surface area contributed by atoms with E-state index < -0.39 is 6.04 Å². The van der Waals surface area contributed by atoms with E-state index in [1.54, 1.807) is 17.9 Å². The van der Waals surface area contributed by atoms with Crippen molar-refractivity contribution in [3.8, 4) is 0 Å². The van der Waals surface area contributed by atoms with Gasteiger partial charge >= 0.3 is 0 Å². The summed E-state index contributed by atoms with van der Waals surface area (Å²) in [7, 11) is 0. The number of aromatic nitrogens is 1. The van der Waals surface area contributed by atoms with Crippen LogP contribution in [0.1, 0.15) is 49.9 Å². The molecule has 142 valence electrons. The molecule has 8 nitrogen and oxygen atoms in total. The van der Waals surface area contributed by atoms with Gasteiger partial charge in [-0.3, -0.25) is 14.4 Å². The van der Waals surface area contributed by atoms with Gasteiger partial charge in [0.05, 0.1) is 6.04 Å². The van der Waals surface area contributed by atoms with Gasteiger partial charge in [-0.25, -0.2) is 0 Å². The second-order valence-electron chi connectivity index (χ2n) is 7.70. The quantitative estimate of drug-likeness (QED) is 0.861. The van der Waals surface area contributed by atoms with Crippen LogP contribution < -0.4 is 5.32 Å². The SMILES string of the molecule is CC(=O)N[C@H]1C[C@H]2CN(C(=O)c3cc(C)on3)[C@@H](CC(C)C)C(=O)N2C1. The zero-order valence-corrected chi connectivity index (χ0v) is 15.7. The van der Waals surface area contributed by atoms with Gasteiger partial charge in [-0.15, -0.1) is 0 Å². The summed E-state index contributed by atoms with van der Waals surface area (Å²) in [4.78, 5) is 40.9. The molecule has 0 bridgehead atoms. The molecule has 0 unspecified atom stereocenters. The molecule has 0 saturated carbocycles. The van der Waals surface area contributed by atoms with Gasteiger partial charge in [0, 0.05) is 32.1 Å². The second-order valence-corrected chi connectivity index (χ2v) is 7.70. The minimum absolute atomic E-state index is 0.0450. The second kappa shape index (κ2) is 7.09. The summed E-state index contributed by atoms with van der Waals surface area (Å²) in [5, 5.41) is 6.71. The van der Waals surface area contributed by atoms with Crippen molar-refractivity contribution >= 4 is 17.7 Å². The van der Waals surface area contributed by atoms with Crippen molar-refractivity contribution in [2.75, 3.05) is 13.1 Å². The van der Waals surface area contributed by atoms with Crippen LogP contribution in [0.25, 0.3) is 0 Å². The molecule has 2 saturated heterocycles. The van der Waals surface area contributed by atoms with Crippen LogP contribution in [0.15, 0.2) is 10.6 Å². The van der Waals surface area contributed by atoms with Gasteiger partial charge in [-0.05, 0) is 25.7 Å². The zero-order valence-electron chi connectivity index (χ0n) is 15.7. The maximum atomic E-state index is 13.1. The molecule has 0 radical (unpaired) electrons. The van der Waals surface area contributed by atoms with Crippen molar-refractivity contribution in [2.24, 2.45) is 5.92 Å². The molecular formula is C18H26N4O4. The van der Waals surface area contributed by atoms with Crippen molar-refractivity contribution in [3.63, 3.8) is 0 Å². The predicted octanol–water partition coefficient (Wildman–Crippen LogP) is 0.959. The summed E-state index contributed by atoms with van der Waals surface area (Å²) in [6, 6.07) is 0.942. The number of rotatable bonds is 4. The van der Waals surface area contributed by atoms with Crippen LogP contribution in [0.4, 0.5) is 0 Å². The molecule has 2 fully saturated rings. The first-order valence-electron chi connectivity index (χ1n) is 9.08. The van der Waals surface area contributed by atoms with Gasteiger partial charge in [0.25, 0.3) is 5.91 Å². The third-order valence-electron chi connectivity index (χ3n) is 4.98. The number of nitrogens with one attached hydrogen (secondary N) is 1. The van der Waals surface area contributed by atoms with Crippen LogP contribution >= 0.6 is 0 Å². The van der Waals surface area contributed by atoms with Crippen LogP contribution in [-0.4, -0.2) is 63.9 Å². The fraction of sp³-hybridized carbons (Fsp3) is 0.667. The number of hydrogen-bond donors (Lipinski definition) is 1. The van der Waals surface area contributed by atoms with E-state index in [9.17, 15) is 14.4 Å². The maximum absolute atomic E-state index is 13.1. The van der Waals surface area contributed by atoms with Gasteiger partial charge in [0.2, 0.25) is 11.8 Å². The number of aryl methyl sites for hydroxylation is 1. The molecule has 3 heterocycles. The summed E-state index contributed by atoms with van der Waals surface area (Å²) in [5.41, 5.74) is 0.230. The van der Waals surface area contributed by atoms with Gasteiger partial charge in [0.1, 0.15) is 11.8 Å². The minimum atomic E-state index is -0.508. The lowest BCUT2D eigenvalue weighted by molar-refractivity contribution is -0.142. The molecule has 3 rings (SSSR count). The largest absolute Gasteiger partial charge is 0.361 e. The molecule has 2 aliphatic heterocycles. The van der Waals surface area contributed by atoms with Crippen LogP contribution in [0.2, 0.25) is 0 Å². The first kappa shape index (κ1) is 18.4. The van der Waals surface area contributed by atoms with Gasteiger partial charge in [-0.1, -0.05) is 19.0 Å². The minimum Gasteiger partial charge on any atom is -0.361 e. The Hall–Kier alpha value is -2.38. The molecule has 0 aliphatic carbocycles. The van der Waals surface area contributed by atoms with Crippen LogP contribution in [0.3, 0.4) is 0 Å². The monoisotopic (exact) mass is 362 g/mol. The molecule has 2 aliphatic rings. The number of carbonyl (C=O) groups is 3. The van der Waals surface area contributed by atoms with Crippen LogP contribution in [-0.2, 0) is 9.59 Å². The Balaban J connectivity index is 1.84. The normalized spacial score (nSPS) is 25.6. The molecule has 0 aromatic carbocycles. The van der Waals surface area contributed by atoms with Crippen molar-refractivity contribution in [1.29, 1.82) is 0 Å². The van der Waals surface area contributed by atoms with E-state index in [0.717, 1.165) is 0 Å². The summed E-state index contributed by atoms with van der Waals surface area (Å²) in [6.07, 6.45) is 1.25. The third-order valence-corrected chi connectivity index (χ3v) is 4.98. The molecule has 1 N–H and O–H groups in total. The highest BCUT2D eigenvalue weighted by Gasteiger charge is 2.47.